The minimum Gasteiger partial charge on any atom is -0.358 e. The van der Waals surface area contributed by atoms with Crippen LogP contribution in [-0.4, -0.2) is 5.16 Å². The van der Waals surface area contributed by atoms with Gasteiger partial charge in [0, 0.05) is 6.07 Å². The van der Waals surface area contributed by atoms with Crippen LogP contribution in [0, 0.1) is 0 Å². The third kappa shape index (κ3) is 1.72. The average molecular weight is 169 g/mol. The van der Waals surface area contributed by atoms with Gasteiger partial charge in [-0.1, -0.05) is 18.2 Å². The lowest BCUT2D eigenvalue weighted by molar-refractivity contribution is 0.329. The van der Waals surface area contributed by atoms with Crippen molar-refractivity contribution in [3.05, 3.63) is 23.6 Å². The molecule has 0 aromatic carbocycles. The lowest BCUT2D eigenvalue weighted by atomic mass is 10.1. The Morgan fingerprint density at radius 3 is 2.92 bits per heavy atom. The van der Waals surface area contributed by atoms with Gasteiger partial charge in [-0.25, -0.2) is 4.39 Å². The molecule has 12 heavy (non-hydrogen) atoms. The molecular weight excluding hydrogens is 157 g/mol. The van der Waals surface area contributed by atoms with Crippen LogP contribution in [0.25, 0.3) is 5.57 Å². The van der Waals surface area contributed by atoms with Crippen LogP contribution in [0.5, 0.6) is 0 Å². The van der Waals surface area contributed by atoms with Gasteiger partial charge in [0.05, 0.1) is 0 Å². The maximum absolute atomic E-state index is 12.1. The second kappa shape index (κ2) is 4.04. The normalized spacial score (nSPS) is 12.1. The van der Waals surface area contributed by atoms with Crippen molar-refractivity contribution in [1.29, 1.82) is 0 Å². The van der Waals surface area contributed by atoms with Gasteiger partial charge in [0.1, 0.15) is 12.4 Å². The van der Waals surface area contributed by atoms with Crippen molar-refractivity contribution < 1.29 is 8.91 Å². The maximum Gasteiger partial charge on any atom is 0.168 e. The molecule has 0 aliphatic heterocycles. The third-order valence-corrected chi connectivity index (χ3v) is 1.75. The molecular formula is C9H12FNO. The first kappa shape index (κ1) is 8.97. The summed E-state index contributed by atoms with van der Waals surface area (Å²) in [6, 6.07) is 1.64. The Morgan fingerprint density at radius 1 is 1.75 bits per heavy atom. The highest BCUT2D eigenvalue weighted by atomic mass is 19.1. The van der Waals surface area contributed by atoms with E-state index in [1.807, 2.05) is 19.9 Å². The molecule has 0 bridgehead atoms. The zero-order valence-corrected chi connectivity index (χ0v) is 7.30. The monoisotopic (exact) mass is 169 g/mol. The highest BCUT2D eigenvalue weighted by Crippen LogP contribution is 2.17. The van der Waals surface area contributed by atoms with E-state index in [1.54, 1.807) is 6.07 Å². The summed E-state index contributed by atoms with van der Waals surface area (Å²) in [5.41, 5.74) is 1.83. The summed E-state index contributed by atoms with van der Waals surface area (Å²) in [4.78, 5) is 0. The topological polar surface area (TPSA) is 26.0 Å². The zero-order chi connectivity index (χ0) is 8.97. The van der Waals surface area contributed by atoms with Crippen LogP contribution in [0.15, 0.2) is 16.7 Å². The molecule has 1 aromatic rings. The van der Waals surface area contributed by atoms with Gasteiger partial charge in [0.25, 0.3) is 0 Å². The molecule has 0 amide bonds. The lowest BCUT2D eigenvalue weighted by Crippen LogP contribution is -1.80. The van der Waals surface area contributed by atoms with Gasteiger partial charge in [-0.15, -0.1) is 0 Å². The molecule has 0 saturated carbocycles. The molecule has 1 aromatic heterocycles. The first-order valence-corrected chi connectivity index (χ1v) is 3.99. The fourth-order valence-electron chi connectivity index (χ4n) is 1.06. The van der Waals surface area contributed by atoms with Gasteiger partial charge >= 0.3 is 0 Å². The second-order valence-corrected chi connectivity index (χ2v) is 2.48. The summed E-state index contributed by atoms with van der Waals surface area (Å²) in [6.07, 6.45) is 2.84. The SMILES string of the molecule is C/C=C(\CC)c1cc(CF)on1. The summed E-state index contributed by atoms with van der Waals surface area (Å²) in [7, 11) is 0. The molecule has 1 rings (SSSR count). The minimum atomic E-state index is -0.590. The quantitative estimate of drug-likeness (QED) is 0.695. The maximum atomic E-state index is 12.1. The first-order valence-electron chi connectivity index (χ1n) is 3.99. The molecule has 0 unspecified atom stereocenters. The van der Waals surface area contributed by atoms with Crippen LogP contribution in [0.3, 0.4) is 0 Å². The fourth-order valence-corrected chi connectivity index (χ4v) is 1.06. The average Bonchev–Trinajstić information content (AvgIpc) is 2.55. The molecule has 0 N–H and O–H groups in total. The van der Waals surface area contributed by atoms with Crippen LogP contribution in [0.2, 0.25) is 0 Å². The molecule has 1 heterocycles. The first-order chi connectivity index (χ1) is 5.81. The molecule has 0 aliphatic carbocycles. The summed E-state index contributed by atoms with van der Waals surface area (Å²) in [6.45, 7) is 3.37. The number of alkyl halides is 1. The number of halogens is 1. The largest absolute Gasteiger partial charge is 0.358 e. The molecule has 2 nitrogen and oxygen atoms in total. The van der Waals surface area contributed by atoms with Crippen LogP contribution in [0.4, 0.5) is 4.39 Å². The van der Waals surface area contributed by atoms with E-state index >= 15 is 0 Å². The van der Waals surface area contributed by atoms with Crippen LogP contribution < -0.4 is 0 Å². The molecule has 3 heteroatoms. The van der Waals surface area contributed by atoms with Crippen LogP contribution in [-0.2, 0) is 6.67 Å². The Kier molecular flexibility index (Phi) is 3.02. The third-order valence-electron chi connectivity index (χ3n) is 1.75. The molecule has 0 spiro atoms. The van der Waals surface area contributed by atoms with Crippen molar-refractivity contribution in [2.45, 2.75) is 26.9 Å². The van der Waals surface area contributed by atoms with Gasteiger partial charge in [0.2, 0.25) is 0 Å². The molecule has 0 aliphatic rings. The number of hydrogen-bond donors (Lipinski definition) is 0. The molecule has 0 saturated heterocycles. The Hall–Kier alpha value is -1.12. The van der Waals surface area contributed by atoms with E-state index in [0.29, 0.717) is 0 Å². The van der Waals surface area contributed by atoms with Gasteiger partial charge < -0.3 is 4.52 Å². The zero-order valence-electron chi connectivity index (χ0n) is 7.30. The van der Waals surface area contributed by atoms with E-state index in [2.05, 4.69) is 5.16 Å². The summed E-state index contributed by atoms with van der Waals surface area (Å²) in [5.74, 6) is 0.290. The lowest BCUT2D eigenvalue weighted by Gasteiger charge is -1.94. The Bertz CT molecular complexity index is 278. The second-order valence-electron chi connectivity index (χ2n) is 2.48. The predicted molar refractivity (Wildman–Crippen MR) is 45.3 cm³/mol. The Labute approximate surface area is 71.1 Å². The summed E-state index contributed by atoms with van der Waals surface area (Å²) < 4.78 is 16.8. The van der Waals surface area contributed by atoms with Gasteiger partial charge in [-0.2, -0.15) is 0 Å². The number of rotatable bonds is 3. The molecule has 0 fully saturated rings. The minimum absolute atomic E-state index is 0.290. The molecule has 0 radical (unpaired) electrons. The number of nitrogens with zero attached hydrogens (tertiary/aromatic N) is 1. The number of hydrogen-bond acceptors (Lipinski definition) is 2. The van der Waals surface area contributed by atoms with E-state index in [1.165, 1.54) is 0 Å². The van der Waals surface area contributed by atoms with E-state index in [-0.39, 0.29) is 5.76 Å². The smallest absolute Gasteiger partial charge is 0.168 e. The summed E-state index contributed by atoms with van der Waals surface area (Å²) >= 11 is 0. The highest BCUT2D eigenvalue weighted by molar-refractivity contribution is 5.61. The van der Waals surface area contributed by atoms with E-state index < -0.39 is 6.67 Å². The predicted octanol–water partition coefficient (Wildman–Crippen LogP) is 2.96. The Balaban J connectivity index is 2.87. The van der Waals surface area contributed by atoms with E-state index in [4.69, 9.17) is 4.52 Å². The number of allylic oxidation sites excluding steroid dienone is 2. The van der Waals surface area contributed by atoms with E-state index in [0.717, 1.165) is 17.7 Å². The van der Waals surface area contributed by atoms with Crippen molar-refractivity contribution in [3.63, 3.8) is 0 Å². The Morgan fingerprint density at radius 2 is 2.50 bits per heavy atom. The van der Waals surface area contributed by atoms with E-state index in [9.17, 15) is 4.39 Å². The van der Waals surface area contributed by atoms with Crippen molar-refractivity contribution in [3.8, 4) is 0 Å². The van der Waals surface area contributed by atoms with Crippen molar-refractivity contribution in [2.24, 2.45) is 0 Å². The summed E-state index contributed by atoms with van der Waals surface area (Å²) in [5, 5.41) is 3.75. The van der Waals surface area contributed by atoms with Crippen LogP contribution in [0.1, 0.15) is 31.7 Å². The highest BCUT2D eigenvalue weighted by Gasteiger charge is 2.05. The van der Waals surface area contributed by atoms with Crippen molar-refractivity contribution >= 4 is 5.57 Å². The molecule has 66 valence electrons. The van der Waals surface area contributed by atoms with Gasteiger partial charge in [-0.05, 0) is 18.9 Å². The van der Waals surface area contributed by atoms with Crippen LogP contribution >= 0.6 is 0 Å². The van der Waals surface area contributed by atoms with Crippen molar-refractivity contribution in [1.82, 2.24) is 5.16 Å². The molecule has 0 atom stereocenters. The number of aromatic nitrogens is 1. The van der Waals surface area contributed by atoms with Crippen molar-refractivity contribution in [2.75, 3.05) is 0 Å². The van der Waals surface area contributed by atoms with Gasteiger partial charge in [-0.3, -0.25) is 0 Å². The standard InChI is InChI=1S/C9H12FNO/c1-3-7(4-2)9-5-8(6-10)12-11-9/h3,5H,4,6H2,1-2H3/b7-3+. The fraction of sp³-hybridized carbons (Fsp3) is 0.444. The van der Waals surface area contributed by atoms with Gasteiger partial charge in [0.15, 0.2) is 5.76 Å².